The zero-order chi connectivity index (χ0) is 17.9. The maximum atomic E-state index is 12.0. The van der Waals surface area contributed by atoms with Crippen LogP contribution in [0.5, 0.6) is 0 Å². The van der Waals surface area contributed by atoms with E-state index in [0.29, 0.717) is 12.2 Å². The number of fused-ring (bicyclic) bond motifs is 1. The van der Waals surface area contributed by atoms with Crippen LogP contribution in [0.1, 0.15) is 26.3 Å². The Morgan fingerprint density at radius 2 is 2.00 bits per heavy atom. The summed E-state index contributed by atoms with van der Waals surface area (Å²) in [4.78, 5) is 36.9. The third-order valence-electron chi connectivity index (χ3n) is 4.08. The van der Waals surface area contributed by atoms with Gasteiger partial charge in [-0.3, -0.25) is 14.4 Å². The average Bonchev–Trinajstić information content (AvgIpc) is 2.95. The van der Waals surface area contributed by atoms with E-state index in [0.717, 1.165) is 17.7 Å². The van der Waals surface area contributed by atoms with Gasteiger partial charge in [0.1, 0.15) is 0 Å². The van der Waals surface area contributed by atoms with E-state index in [1.807, 2.05) is 26.0 Å². The summed E-state index contributed by atoms with van der Waals surface area (Å²) in [6, 6.07) is 4.81. The molecular formula is C17H24N4O3. The van der Waals surface area contributed by atoms with Gasteiger partial charge in [0.15, 0.2) is 0 Å². The Labute approximate surface area is 141 Å². The minimum atomic E-state index is -0.629. The quantitative estimate of drug-likeness (QED) is 0.735. The van der Waals surface area contributed by atoms with E-state index in [9.17, 15) is 14.4 Å². The number of nitrogens with one attached hydrogen (secondary N) is 2. The molecule has 2 rings (SSSR count). The lowest BCUT2D eigenvalue weighted by atomic mass is 10.1. The van der Waals surface area contributed by atoms with E-state index < -0.39 is 6.04 Å². The molecule has 0 saturated carbocycles. The second-order valence-corrected chi connectivity index (χ2v) is 6.30. The van der Waals surface area contributed by atoms with Gasteiger partial charge in [-0.1, -0.05) is 13.8 Å². The lowest BCUT2D eigenvalue weighted by molar-refractivity contribution is -0.125. The molecule has 0 bridgehead atoms. The first-order chi connectivity index (χ1) is 11.3. The highest BCUT2D eigenvalue weighted by molar-refractivity contribution is 5.97. The van der Waals surface area contributed by atoms with Crippen molar-refractivity contribution in [2.24, 2.45) is 11.7 Å². The van der Waals surface area contributed by atoms with Gasteiger partial charge in [0.25, 0.3) is 0 Å². The van der Waals surface area contributed by atoms with E-state index in [1.54, 1.807) is 11.0 Å². The van der Waals surface area contributed by atoms with E-state index in [1.165, 1.54) is 6.92 Å². The number of nitrogens with two attached hydrogens (primary N) is 1. The zero-order valence-corrected chi connectivity index (χ0v) is 14.3. The largest absolute Gasteiger partial charge is 0.346 e. The van der Waals surface area contributed by atoms with Gasteiger partial charge >= 0.3 is 0 Å². The Morgan fingerprint density at radius 1 is 1.29 bits per heavy atom. The average molecular weight is 332 g/mol. The number of anilines is 2. The van der Waals surface area contributed by atoms with Gasteiger partial charge in [0.2, 0.25) is 17.7 Å². The minimum Gasteiger partial charge on any atom is -0.346 e. The van der Waals surface area contributed by atoms with Crippen LogP contribution >= 0.6 is 0 Å². The van der Waals surface area contributed by atoms with Crippen LogP contribution in [0.4, 0.5) is 11.4 Å². The molecule has 130 valence electrons. The summed E-state index contributed by atoms with van der Waals surface area (Å²) in [6.45, 7) is 5.76. The van der Waals surface area contributed by atoms with Crippen LogP contribution < -0.4 is 21.3 Å². The number of hydrogen-bond acceptors (Lipinski definition) is 4. The molecule has 0 fully saturated rings. The lowest BCUT2D eigenvalue weighted by Gasteiger charge is -2.16. The minimum absolute atomic E-state index is 0.00833. The maximum Gasteiger partial charge on any atom is 0.243 e. The standard InChI is InChI=1S/C17H24N4O3/c1-10(2)16(18)17(24)19-9-15(23)20-13-4-5-14-12(8-13)6-7-21(14)11(3)22/h4-5,8,10,16H,6-7,9,18H2,1-3H3,(H,19,24)(H,20,23)/t16-/m0/s1. The molecule has 1 aromatic rings. The van der Waals surface area contributed by atoms with Crippen molar-refractivity contribution in [3.8, 4) is 0 Å². The molecule has 1 aromatic carbocycles. The van der Waals surface area contributed by atoms with Gasteiger partial charge < -0.3 is 21.3 Å². The molecule has 1 heterocycles. The summed E-state index contributed by atoms with van der Waals surface area (Å²) < 4.78 is 0. The molecule has 0 unspecified atom stereocenters. The number of carbonyl (C=O) groups excluding carboxylic acids is 3. The van der Waals surface area contributed by atoms with Crippen LogP contribution in [0.15, 0.2) is 18.2 Å². The van der Waals surface area contributed by atoms with Crippen LogP contribution in [0.2, 0.25) is 0 Å². The first kappa shape index (κ1) is 17.9. The molecule has 1 atom stereocenters. The summed E-state index contributed by atoms with van der Waals surface area (Å²) >= 11 is 0. The topological polar surface area (TPSA) is 105 Å². The molecule has 0 aliphatic carbocycles. The van der Waals surface area contributed by atoms with Gasteiger partial charge in [-0.05, 0) is 36.1 Å². The summed E-state index contributed by atoms with van der Waals surface area (Å²) in [7, 11) is 0. The third kappa shape index (κ3) is 4.11. The van der Waals surface area contributed by atoms with E-state index in [4.69, 9.17) is 5.73 Å². The molecule has 0 radical (unpaired) electrons. The lowest BCUT2D eigenvalue weighted by Crippen LogP contribution is -2.46. The van der Waals surface area contributed by atoms with Crippen LogP contribution in [-0.2, 0) is 20.8 Å². The number of hydrogen-bond donors (Lipinski definition) is 3. The smallest absolute Gasteiger partial charge is 0.243 e. The predicted molar refractivity (Wildman–Crippen MR) is 92.6 cm³/mol. The van der Waals surface area contributed by atoms with Crippen molar-refractivity contribution in [2.45, 2.75) is 33.2 Å². The van der Waals surface area contributed by atoms with Crippen molar-refractivity contribution < 1.29 is 14.4 Å². The van der Waals surface area contributed by atoms with Crippen molar-refractivity contribution in [3.05, 3.63) is 23.8 Å². The fourth-order valence-corrected chi connectivity index (χ4v) is 2.60. The highest BCUT2D eigenvalue weighted by atomic mass is 16.2. The van der Waals surface area contributed by atoms with Crippen molar-refractivity contribution in [1.29, 1.82) is 0 Å². The van der Waals surface area contributed by atoms with E-state index >= 15 is 0 Å². The second-order valence-electron chi connectivity index (χ2n) is 6.30. The number of rotatable bonds is 5. The van der Waals surface area contributed by atoms with Gasteiger partial charge in [0, 0.05) is 24.8 Å². The van der Waals surface area contributed by atoms with Crippen LogP contribution in [0, 0.1) is 5.92 Å². The van der Waals surface area contributed by atoms with Gasteiger partial charge in [-0.15, -0.1) is 0 Å². The predicted octanol–water partition coefficient (Wildman–Crippen LogP) is 0.634. The SMILES string of the molecule is CC(=O)N1CCc2cc(NC(=O)CNC(=O)[C@@H](N)C(C)C)ccc21. The fraction of sp³-hybridized carbons (Fsp3) is 0.471. The Morgan fingerprint density at radius 3 is 2.62 bits per heavy atom. The van der Waals surface area contributed by atoms with Crippen LogP contribution in [0.25, 0.3) is 0 Å². The van der Waals surface area contributed by atoms with Crippen molar-refractivity contribution >= 4 is 29.1 Å². The molecule has 1 aliphatic rings. The maximum absolute atomic E-state index is 12.0. The number of amides is 3. The normalized spacial score (nSPS) is 14.3. The van der Waals surface area contributed by atoms with Crippen molar-refractivity contribution in [2.75, 3.05) is 23.3 Å². The number of benzene rings is 1. The van der Waals surface area contributed by atoms with E-state index in [2.05, 4.69) is 10.6 Å². The summed E-state index contributed by atoms with van der Waals surface area (Å²) in [6.07, 6.45) is 0.763. The summed E-state index contributed by atoms with van der Waals surface area (Å²) in [5, 5.41) is 5.27. The fourth-order valence-electron chi connectivity index (χ4n) is 2.60. The molecule has 7 heteroatoms. The number of nitrogens with zero attached hydrogens (tertiary/aromatic N) is 1. The Kier molecular flexibility index (Phi) is 5.56. The molecule has 3 amide bonds. The molecule has 24 heavy (non-hydrogen) atoms. The second kappa shape index (κ2) is 7.44. The monoisotopic (exact) mass is 332 g/mol. The molecule has 0 spiro atoms. The van der Waals surface area contributed by atoms with Gasteiger partial charge in [-0.2, -0.15) is 0 Å². The Bertz CT molecular complexity index is 657. The molecule has 0 aromatic heterocycles. The number of carbonyl (C=O) groups is 3. The summed E-state index contributed by atoms with van der Waals surface area (Å²) in [5.74, 6) is -0.643. The van der Waals surface area contributed by atoms with Crippen LogP contribution in [0.3, 0.4) is 0 Å². The highest BCUT2D eigenvalue weighted by Gasteiger charge is 2.22. The van der Waals surface area contributed by atoms with Gasteiger partial charge in [-0.25, -0.2) is 0 Å². The molecule has 4 N–H and O–H groups in total. The van der Waals surface area contributed by atoms with Crippen LogP contribution in [-0.4, -0.2) is 36.9 Å². The molecular weight excluding hydrogens is 308 g/mol. The molecule has 1 aliphatic heterocycles. The highest BCUT2D eigenvalue weighted by Crippen LogP contribution is 2.30. The zero-order valence-electron chi connectivity index (χ0n) is 14.3. The van der Waals surface area contributed by atoms with Crippen molar-refractivity contribution in [1.82, 2.24) is 5.32 Å². The Balaban J connectivity index is 1.92. The molecule has 0 saturated heterocycles. The van der Waals surface area contributed by atoms with Gasteiger partial charge in [0.05, 0.1) is 12.6 Å². The van der Waals surface area contributed by atoms with E-state index in [-0.39, 0.29) is 30.2 Å². The first-order valence-corrected chi connectivity index (χ1v) is 8.03. The third-order valence-corrected chi connectivity index (χ3v) is 4.08. The molecule has 7 nitrogen and oxygen atoms in total. The first-order valence-electron chi connectivity index (χ1n) is 8.03. The van der Waals surface area contributed by atoms with Crippen molar-refractivity contribution in [3.63, 3.8) is 0 Å². The summed E-state index contributed by atoms with van der Waals surface area (Å²) in [5.41, 5.74) is 8.27. The Hall–Kier alpha value is -2.41.